The summed E-state index contributed by atoms with van der Waals surface area (Å²) in [6.07, 6.45) is 2.64. The van der Waals surface area contributed by atoms with Crippen molar-refractivity contribution in [2.75, 3.05) is 6.54 Å². The highest BCUT2D eigenvalue weighted by Gasteiger charge is 2.38. The molecule has 2 rings (SSSR count). The van der Waals surface area contributed by atoms with E-state index in [4.69, 9.17) is 11.6 Å². The molecule has 6 heteroatoms. The molecular formula is C14H19Cl2FN2O. The quantitative estimate of drug-likeness (QED) is 0.895. The van der Waals surface area contributed by atoms with Crippen LogP contribution in [0, 0.1) is 5.82 Å². The summed E-state index contributed by atoms with van der Waals surface area (Å²) in [6, 6.07) is 4.48. The molecule has 0 bridgehead atoms. The Balaban J connectivity index is 0.00000200. The third kappa shape index (κ3) is 3.62. The predicted molar refractivity (Wildman–Crippen MR) is 80.8 cm³/mol. The SMILES string of the molecule is CCC1(C(=O)NCc2ccc(F)c(Cl)c2)CCCN1.Cl. The molecule has 1 atom stereocenters. The molecule has 1 aliphatic heterocycles. The first-order valence-corrected chi connectivity index (χ1v) is 6.92. The van der Waals surface area contributed by atoms with E-state index in [-0.39, 0.29) is 23.3 Å². The lowest BCUT2D eigenvalue weighted by Gasteiger charge is -2.26. The van der Waals surface area contributed by atoms with Gasteiger partial charge in [-0.05, 0) is 43.5 Å². The van der Waals surface area contributed by atoms with E-state index < -0.39 is 11.4 Å². The van der Waals surface area contributed by atoms with E-state index in [1.165, 1.54) is 12.1 Å². The largest absolute Gasteiger partial charge is 0.350 e. The Hall–Kier alpha value is -0.840. The van der Waals surface area contributed by atoms with Crippen LogP contribution in [0.3, 0.4) is 0 Å². The smallest absolute Gasteiger partial charge is 0.240 e. The van der Waals surface area contributed by atoms with Gasteiger partial charge >= 0.3 is 0 Å². The lowest BCUT2D eigenvalue weighted by Crippen LogP contribution is -2.52. The third-order valence-corrected chi connectivity index (χ3v) is 4.01. The van der Waals surface area contributed by atoms with Crippen LogP contribution in [0.5, 0.6) is 0 Å². The molecule has 0 aromatic heterocycles. The highest BCUT2D eigenvalue weighted by atomic mass is 35.5. The van der Waals surface area contributed by atoms with Gasteiger partial charge in [0.25, 0.3) is 0 Å². The first-order valence-electron chi connectivity index (χ1n) is 6.54. The third-order valence-electron chi connectivity index (χ3n) is 3.72. The maximum absolute atomic E-state index is 13.0. The number of carbonyl (C=O) groups excluding carboxylic acids is 1. The van der Waals surface area contributed by atoms with E-state index >= 15 is 0 Å². The van der Waals surface area contributed by atoms with Crippen molar-refractivity contribution in [1.82, 2.24) is 10.6 Å². The van der Waals surface area contributed by atoms with Crippen LogP contribution < -0.4 is 10.6 Å². The lowest BCUT2D eigenvalue weighted by molar-refractivity contribution is -0.127. The maximum atomic E-state index is 13.0. The van der Waals surface area contributed by atoms with E-state index in [0.717, 1.165) is 31.4 Å². The van der Waals surface area contributed by atoms with Crippen molar-refractivity contribution in [2.24, 2.45) is 0 Å². The molecule has 1 unspecified atom stereocenters. The first-order chi connectivity index (χ1) is 9.07. The fourth-order valence-electron chi connectivity index (χ4n) is 2.46. The normalized spacial score (nSPS) is 21.4. The van der Waals surface area contributed by atoms with E-state index in [9.17, 15) is 9.18 Å². The number of carbonyl (C=O) groups is 1. The van der Waals surface area contributed by atoms with Crippen LogP contribution in [0.25, 0.3) is 0 Å². The molecule has 1 aliphatic rings. The number of halogens is 3. The Bertz CT molecular complexity index is 476. The molecule has 0 spiro atoms. The Kier molecular flexibility index (Phi) is 6.24. The van der Waals surface area contributed by atoms with Gasteiger partial charge in [-0.3, -0.25) is 4.79 Å². The number of nitrogens with one attached hydrogen (secondary N) is 2. The average Bonchev–Trinajstić information content (AvgIpc) is 2.90. The van der Waals surface area contributed by atoms with Gasteiger partial charge < -0.3 is 10.6 Å². The molecule has 0 aliphatic carbocycles. The minimum absolute atomic E-state index is 0. The Morgan fingerprint density at radius 3 is 2.85 bits per heavy atom. The Morgan fingerprint density at radius 2 is 2.30 bits per heavy atom. The van der Waals surface area contributed by atoms with Crippen LogP contribution in [0.1, 0.15) is 31.7 Å². The summed E-state index contributed by atoms with van der Waals surface area (Å²) in [5.41, 5.74) is 0.355. The Morgan fingerprint density at radius 1 is 1.55 bits per heavy atom. The molecule has 1 fully saturated rings. The molecule has 112 valence electrons. The van der Waals surface area contributed by atoms with Gasteiger partial charge in [0.15, 0.2) is 0 Å². The lowest BCUT2D eigenvalue weighted by atomic mass is 9.93. The van der Waals surface area contributed by atoms with E-state index in [1.54, 1.807) is 6.07 Å². The predicted octanol–water partition coefficient (Wildman–Crippen LogP) is 3.05. The summed E-state index contributed by atoms with van der Waals surface area (Å²) in [5.74, 6) is -0.438. The minimum Gasteiger partial charge on any atom is -0.350 e. The summed E-state index contributed by atoms with van der Waals surface area (Å²) in [7, 11) is 0. The summed E-state index contributed by atoms with van der Waals surface area (Å²) in [6.45, 7) is 3.25. The number of rotatable bonds is 4. The zero-order valence-corrected chi connectivity index (χ0v) is 12.9. The molecule has 1 saturated heterocycles. The zero-order valence-electron chi connectivity index (χ0n) is 11.3. The van der Waals surface area contributed by atoms with E-state index in [2.05, 4.69) is 10.6 Å². The molecule has 2 N–H and O–H groups in total. The number of hydrogen-bond donors (Lipinski definition) is 2. The molecule has 3 nitrogen and oxygen atoms in total. The molecular weight excluding hydrogens is 302 g/mol. The van der Waals surface area contributed by atoms with Crippen LogP contribution in [-0.4, -0.2) is 18.0 Å². The highest BCUT2D eigenvalue weighted by Crippen LogP contribution is 2.23. The molecule has 1 heterocycles. The van der Waals surface area contributed by atoms with Gasteiger partial charge in [-0.1, -0.05) is 24.6 Å². The topological polar surface area (TPSA) is 41.1 Å². The van der Waals surface area contributed by atoms with E-state index in [0.29, 0.717) is 6.54 Å². The summed E-state index contributed by atoms with van der Waals surface area (Å²) < 4.78 is 13.0. The molecule has 0 radical (unpaired) electrons. The van der Waals surface area contributed by atoms with Gasteiger partial charge in [0.1, 0.15) is 5.82 Å². The fourth-order valence-corrected chi connectivity index (χ4v) is 2.67. The van der Waals surface area contributed by atoms with Gasteiger partial charge in [-0.15, -0.1) is 12.4 Å². The standard InChI is InChI=1S/C14H18ClFN2O.ClH/c1-2-14(6-3-7-18-14)13(19)17-9-10-4-5-12(16)11(15)8-10;/h4-5,8,18H,2-3,6-7,9H2,1H3,(H,17,19);1H. The van der Waals surface area contributed by atoms with E-state index in [1.807, 2.05) is 6.92 Å². The molecule has 1 aromatic rings. The average molecular weight is 321 g/mol. The monoisotopic (exact) mass is 320 g/mol. The summed E-state index contributed by atoms with van der Waals surface area (Å²) in [5, 5.41) is 6.25. The molecule has 1 aromatic carbocycles. The van der Waals surface area contributed by atoms with Gasteiger partial charge in [0.2, 0.25) is 5.91 Å². The van der Waals surface area contributed by atoms with Crippen molar-refractivity contribution < 1.29 is 9.18 Å². The van der Waals surface area contributed by atoms with Crippen molar-refractivity contribution in [3.05, 3.63) is 34.6 Å². The number of hydrogen-bond acceptors (Lipinski definition) is 2. The van der Waals surface area contributed by atoms with Gasteiger partial charge in [0.05, 0.1) is 10.6 Å². The van der Waals surface area contributed by atoms with Crippen molar-refractivity contribution in [2.45, 2.75) is 38.3 Å². The number of amides is 1. The zero-order chi connectivity index (χ0) is 13.9. The van der Waals surface area contributed by atoms with Gasteiger partial charge in [-0.25, -0.2) is 4.39 Å². The van der Waals surface area contributed by atoms with Crippen LogP contribution in [0.4, 0.5) is 4.39 Å². The second-order valence-electron chi connectivity index (χ2n) is 4.90. The first kappa shape index (κ1) is 17.2. The molecule has 1 amide bonds. The van der Waals surface area contributed by atoms with Crippen LogP contribution in [0.15, 0.2) is 18.2 Å². The van der Waals surface area contributed by atoms with Crippen LogP contribution in [-0.2, 0) is 11.3 Å². The molecule has 20 heavy (non-hydrogen) atoms. The number of benzene rings is 1. The van der Waals surface area contributed by atoms with Crippen LogP contribution in [0.2, 0.25) is 5.02 Å². The minimum atomic E-state index is -0.445. The van der Waals surface area contributed by atoms with Gasteiger partial charge in [-0.2, -0.15) is 0 Å². The Labute approximate surface area is 129 Å². The molecule has 0 saturated carbocycles. The second kappa shape index (κ2) is 7.25. The van der Waals surface area contributed by atoms with Crippen molar-refractivity contribution in [1.29, 1.82) is 0 Å². The summed E-state index contributed by atoms with van der Waals surface area (Å²) in [4.78, 5) is 12.2. The fraction of sp³-hybridized carbons (Fsp3) is 0.500. The highest BCUT2D eigenvalue weighted by molar-refractivity contribution is 6.30. The van der Waals surface area contributed by atoms with Crippen molar-refractivity contribution >= 4 is 29.9 Å². The van der Waals surface area contributed by atoms with Crippen molar-refractivity contribution in [3.8, 4) is 0 Å². The van der Waals surface area contributed by atoms with Crippen molar-refractivity contribution in [3.63, 3.8) is 0 Å². The summed E-state index contributed by atoms with van der Waals surface area (Å²) >= 11 is 5.71. The maximum Gasteiger partial charge on any atom is 0.240 e. The second-order valence-corrected chi connectivity index (χ2v) is 5.30. The van der Waals surface area contributed by atoms with Gasteiger partial charge in [0, 0.05) is 6.54 Å². The van der Waals surface area contributed by atoms with Crippen LogP contribution >= 0.6 is 24.0 Å².